The van der Waals surface area contributed by atoms with Gasteiger partial charge in [-0.15, -0.1) is 11.8 Å². The van der Waals surface area contributed by atoms with Crippen LogP contribution < -0.4 is 10.6 Å². The van der Waals surface area contributed by atoms with Gasteiger partial charge in [-0.1, -0.05) is 0 Å². The van der Waals surface area contributed by atoms with E-state index in [-0.39, 0.29) is 5.56 Å². The molecule has 0 saturated heterocycles. The number of ether oxygens (including phenoxy) is 1. The number of aromatic nitrogens is 2. The highest BCUT2D eigenvalue weighted by atomic mass is 32.2. The lowest BCUT2D eigenvalue weighted by atomic mass is 10.2. The highest BCUT2D eigenvalue weighted by Crippen LogP contribution is 2.25. The molecule has 2 rings (SSSR count). The first-order valence-corrected chi connectivity index (χ1v) is 8.90. The summed E-state index contributed by atoms with van der Waals surface area (Å²) in [6, 6.07) is 2.77. The Morgan fingerprint density at radius 3 is 2.69 bits per heavy atom. The van der Waals surface area contributed by atoms with Crippen molar-refractivity contribution in [3.63, 3.8) is 0 Å². The largest absolute Gasteiger partial charge is 0.461 e. The van der Waals surface area contributed by atoms with Gasteiger partial charge in [-0.05, 0) is 32.2 Å². The molecule has 0 radical (unpaired) electrons. The lowest BCUT2D eigenvalue weighted by Gasteiger charge is -2.11. The molecule has 138 valence electrons. The Hall–Kier alpha value is -2.88. The van der Waals surface area contributed by atoms with Gasteiger partial charge < -0.3 is 14.5 Å². The number of rotatable bonds is 6. The number of carbonyl (C=O) groups excluding carboxylic acids is 3. The molecule has 0 aliphatic heterocycles. The fraction of sp³-hybridized carbons (Fsp3) is 0.312. The molecular formula is C16H18N4O5S. The van der Waals surface area contributed by atoms with Crippen molar-refractivity contribution in [3.8, 4) is 11.6 Å². The maximum absolute atomic E-state index is 12.3. The molecule has 3 amide bonds. The summed E-state index contributed by atoms with van der Waals surface area (Å²) in [5.74, 6) is -0.656. The lowest BCUT2D eigenvalue weighted by Crippen LogP contribution is -2.41. The number of nitrogens with zero attached hydrogens (tertiary/aromatic N) is 2. The van der Waals surface area contributed by atoms with Gasteiger partial charge in [-0.3, -0.25) is 10.1 Å². The third-order valence-electron chi connectivity index (χ3n) is 3.12. The van der Waals surface area contributed by atoms with E-state index >= 15 is 0 Å². The molecule has 0 bridgehead atoms. The van der Waals surface area contributed by atoms with Crippen LogP contribution in [-0.4, -0.2) is 47.3 Å². The second-order valence-electron chi connectivity index (χ2n) is 4.98. The van der Waals surface area contributed by atoms with Gasteiger partial charge in [-0.2, -0.15) is 0 Å². The van der Waals surface area contributed by atoms with Gasteiger partial charge in [0.25, 0.3) is 5.91 Å². The molecule has 0 aromatic carbocycles. The predicted molar refractivity (Wildman–Crippen MR) is 93.7 cm³/mol. The van der Waals surface area contributed by atoms with Crippen LogP contribution in [0, 0.1) is 6.92 Å². The van der Waals surface area contributed by atoms with Crippen LogP contribution in [0.5, 0.6) is 0 Å². The second kappa shape index (κ2) is 8.99. The topological polar surface area (TPSA) is 123 Å². The highest BCUT2D eigenvalue weighted by molar-refractivity contribution is 7.98. The van der Waals surface area contributed by atoms with E-state index in [9.17, 15) is 14.4 Å². The molecule has 0 unspecified atom stereocenters. The number of nitrogens with one attached hydrogen (secondary N) is 2. The first-order chi connectivity index (χ1) is 12.5. The third kappa shape index (κ3) is 4.82. The average molecular weight is 378 g/mol. The van der Waals surface area contributed by atoms with Gasteiger partial charge >= 0.3 is 12.0 Å². The van der Waals surface area contributed by atoms with Crippen molar-refractivity contribution in [2.75, 3.05) is 19.4 Å². The molecule has 0 aliphatic rings. The highest BCUT2D eigenvalue weighted by Gasteiger charge is 2.22. The minimum absolute atomic E-state index is 0.165. The molecule has 2 aromatic heterocycles. The predicted octanol–water partition coefficient (Wildman–Crippen LogP) is 1.77. The van der Waals surface area contributed by atoms with E-state index in [4.69, 9.17) is 9.15 Å². The third-order valence-corrected chi connectivity index (χ3v) is 3.80. The zero-order valence-corrected chi connectivity index (χ0v) is 15.3. The number of aryl methyl sites for hydroxylation is 1. The van der Waals surface area contributed by atoms with E-state index < -0.39 is 24.5 Å². The summed E-state index contributed by atoms with van der Waals surface area (Å²) in [5, 5.41) is 4.84. The molecule has 10 heteroatoms. The Morgan fingerprint density at radius 1 is 1.31 bits per heavy atom. The number of urea groups is 1. The molecule has 0 atom stereocenters. The molecule has 0 aliphatic carbocycles. The fourth-order valence-corrected chi connectivity index (χ4v) is 2.63. The van der Waals surface area contributed by atoms with Crippen molar-refractivity contribution in [2.24, 2.45) is 0 Å². The maximum atomic E-state index is 12.3. The van der Waals surface area contributed by atoms with E-state index in [1.807, 2.05) is 5.32 Å². The Morgan fingerprint density at radius 2 is 2.08 bits per heavy atom. The number of esters is 1. The van der Waals surface area contributed by atoms with Gasteiger partial charge in [0, 0.05) is 6.54 Å². The van der Waals surface area contributed by atoms with Crippen LogP contribution in [0.1, 0.15) is 23.0 Å². The molecule has 9 nitrogen and oxygen atoms in total. The zero-order chi connectivity index (χ0) is 19.1. The number of imide groups is 1. The molecule has 2 aromatic rings. The first-order valence-electron chi connectivity index (χ1n) is 7.67. The summed E-state index contributed by atoms with van der Waals surface area (Å²) in [5.41, 5.74) is 0.559. The number of thioether (sulfide) groups is 1. The summed E-state index contributed by atoms with van der Waals surface area (Å²) >= 11 is 1.24. The summed E-state index contributed by atoms with van der Waals surface area (Å²) in [6.45, 7) is 3.13. The lowest BCUT2D eigenvalue weighted by molar-refractivity contribution is -0.123. The van der Waals surface area contributed by atoms with Crippen LogP contribution in [0.2, 0.25) is 0 Å². The summed E-state index contributed by atoms with van der Waals surface area (Å²) in [4.78, 5) is 43.8. The van der Waals surface area contributed by atoms with Crippen molar-refractivity contribution < 1.29 is 23.5 Å². The van der Waals surface area contributed by atoms with E-state index in [1.165, 1.54) is 18.0 Å². The van der Waals surface area contributed by atoms with Crippen LogP contribution in [0.25, 0.3) is 11.6 Å². The molecule has 0 saturated carbocycles. The van der Waals surface area contributed by atoms with E-state index in [2.05, 4.69) is 15.3 Å². The van der Waals surface area contributed by atoms with Crippen LogP contribution in [0.3, 0.4) is 0 Å². The summed E-state index contributed by atoms with van der Waals surface area (Å²) in [7, 11) is 0. The average Bonchev–Trinajstić information content (AvgIpc) is 3.13. The Balaban J connectivity index is 2.11. The van der Waals surface area contributed by atoms with Crippen molar-refractivity contribution in [1.29, 1.82) is 0 Å². The van der Waals surface area contributed by atoms with Crippen molar-refractivity contribution in [3.05, 3.63) is 29.7 Å². The number of amides is 3. The second-order valence-corrected chi connectivity index (χ2v) is 5.77. The molecule has 26 heavy (non-hydrogen) atoms. The number of hydrogen-bond donors (Lipinski definition) is 2. The normalized spacial score (nSPS) is 10.3. The maximum Gasteiger partial charge on any atom is 0.343 e. The van der Waals surface area contributed by atoms with E-state index in [0.717, 1.165) is 0 Å². The Kier molecular flexibility index (Phi) is 6.73. The SMILES string of the molecule is CCNC(=O)NC(=O)COC(=O)c1c(C)nc(-c2ccco2)nc1SC. The van der Waals surface area contributed by atoms with Gasteiger partial charge in [0.1, 0.15) is 10.6 Å². The molecule has 0 spiro atoms. The van der Waals surface area contributed by atoms with Crippen molar-refractivity contribution in [2.45, 2.75) is 18.9 Å². The molecular weight excluding hydrogens is 360 g/mol. The summed E-state index contributed by atoms with van der Waals surface area (Å²) < 4.78 is 10.2. The Labute approximate surface area is 153 Å². The van der Waals surface area contributed by atoms with Crippen LogP contribution in [0.4, 0.5) is 4.79 Å². The minimum atomic E-state index is -0.746. The number of hydrogen-bond acceptors (Lipinski definition) is 8. The molecule has 2 N–H and O–H groups in total. The van der Waals surface area contributed by atoms with Gasteiger partial charge in [0.15, 0.2) is 18.2 Å². The number of carbonyl (C=O) groups is 3. The van der Waals surface area contributed by atoms with Gasteiger partial charge in [0.2, 0.25) is 0 Å². The standard InChI is InChI=1S/C16H18N4O5S/c1-4-17-16(23)19-11(21)8-25-15(22)12-9(2)18-13(20-14(12)26-3)10-6-5-7-24-10/h5-7H,4,8H2,1-3H3,(H2,17,19,21,23). The monoisotopic (exact) mass is 378 g/mol. The smallest absolute Gasteiger partial charge is 0.343 e. The van der Waals surface area contributed by atoms with Crippen LogP contribution in [0.15, 0.2) is 27.8 Å². The van der Waals surface area contributed by atoms with Crippen molar-refractivity contribution in [1.82, 2.24) is 20.6 Å². The van der Waals surface area contributed by atoms with Gasteiger partial charge in [-0.25, -0.2) is 19.6 Å². The van der Waals surface area contributed by atoms with E-state index in [0.29, 0.717) is 28.8 Å². The number of furan rings is 1. The molecule has 0 fully saturated rings. The van der Waals surface area contributed by atoms with Gasteiger partial charge in [0.05, 0.1) is 12.0 Å². The fourth-order valence-electron chi connectivity index (χ4n) is 2.02. The van der Waals surface area contributed by atoms with Crippen molar-refractivity contribution >= 4 is 29.7 Å². The first kappa shape index (κ1) is 19.4. The molecule has 2 heterocycles. The summed E-state index contributed by atoms with van der Waals surface area (Å²) in [6.07, 6.45) is 3.26. The minimum Gasteiger partial charge on any atom is -0.461 e. The van der Waals surface area contributed by atoms with Crippen LogP contribution >= 0.6 is 11.8 Å². The van der Waals surface area contributed by atoms with E-state index in [1.54, 1.807) is 32.2 Å². The zero-order valence-electron chi connectivity index (χ0n) is 14.5. The quantitative estimate of drug-likeness (QED) is 0.443. The Bertz CT molecular complexity index is 807. The van der Waals surface area contributed by atoms with Crippen LogP contribution in [-0.2, 0) is 9.53 Å².